The summed E-state index contributed by atoms with van der Waals surface area (Å²) in [7, 11) is 0. The molecule has 5 nitrogen and oxygen atoms in total. The Labute approximate surface area is 113 Å². The number of aliphatic hydroxyl groups is 1. The maximum absolute atomic E-state index is 12.2. The Balaban J connectivity index is 2.74. The van der Waals surface area contributed by atoms with Crippen molar-refractivity contribution in [1.82, 2.24) is 5.32 Å². The van der Waals surface area contributed by atoms with Crippen LogP contribution in [0.15, 0.2) is 24.3 Å². The largest absolute Gasteiger partial charge is 0.573 e. The average molecular weight is 292 g/mol. The van der Waals surface area contributed by atoms with Gasteiger partial charge in [-0.1, -0.05) is 19.1 Å². The molecule has 0 radical (unpaired) electrons. The number of anilines is 1. The van der Waals surface area contributed by atoms with Crippen molar-refractivity contribution >= 4 is 11.7 Å². The smallest absolute Gasteiger partial charge is 0.404 e. The second kappa shape index (κ2) is 6.99. The molecule has 0 bridgehead atoms. The number of aliphatic hydroxyl groups excluding tert-OH is 1. The third kappa shape index (κ3) is 5.35. The van der Waals surface area contributed by atoms with Crippen LogP contribution >= 0.6 is 0 Å². The minimum atomic E-state index is -4.84. The predicted molar refractivity (Wildman–Crippen MR) is 66.4 cm³/mol. The van der Waals surface area contributed by atoms with E-state index in [0.29, 0.717) is 6.42 Å². The van der Waals surface area contributed by atoms with Gasteiger partial charge in [0.15, 0.2) is 5.75 Å². The van der Waals surface area contributed by atoms with E-state index in [0.717, 1.165) is 6.07 Å². The van der Waals surface area contributed by atoms with Gasteiger partial charge in [-0.15, -0.1) is 13.2 Å². The van der Waals surface area contributed by atoms with Gasteiger partial charge in [-0.25, -0.2) is 4.79 Å². The highest BCUT2D eigenvalue weighted by Gasteiger charge is 2.32. The number of alkyl halides is 3. The van der Waals surface area contributed by atoms with E-state index in [1.54, 1.807) is 6.92 Å². The molecule has 0 fully saturated rings. The molecule has 0 aliphatic heterocycles. The van der Waals surface area contributed by atoms with Gasteiger partial charge >= 0.3 is 12.4 Å². The van der Waals surface area contributed by atoms with Crippen LogP contribution in [0.4, 0.5) is 23.7 Å². The van der Waals surface area contributed by atoms with Crippen LogP contribution in [0.25, 0.3) is 0 Å². The van der Waals surface area contributed by atoms with Crippen LogP contribution in [-0.2, 0) is 0 Å². The first-order chi connectivity index (χ1) is 9.35. The van der Waals surface area contributed by atoms with Gasteiger partial charge in [0.05, 0.1) is 18.3 Å². The number of hydrogen-bond donors (Lipinski definition) is 3. The van der Waals surface area contributed by atoms with Gasteiger partial charge in [-0.05, 0) is 18.6 Å². The average Bonchev–Trinajstić information content (AvgIpc) is 2.36. The number of amides is 2. The number of benzene rings is 1. The Bertz CT molecular complexity index is 448. The van der Waals surface area contributed by atoms with Gasteiger partial charge < -0.3 is 20.5 Å². The van der Waals surface area contributed by atoms with Crippen LogP contribution in [0.1, 0.15) is 13.3 Å². The number of nitrogens with one attached hydrogen (secondary N) is 2. The molecule has 1 rings (SSSR count). The van der Waals surface area contributed by atoms with Crippen LogP contribution < -0.4 is 15.4 Å². The molecule has 0 heterocycles. The molecule has 2 amide bonds. The zero-order valence-electron chi connectivity index (χ0n) is 10.7. The number of para-hydroxylation sites is 2. The van der Waals surface area contributed by atoms with Crippen molar-refractivity contribution in [3.05, 3.63) is 24.3 Å². The van der Waals surface area contributed by atoms with Gasteiger partial charge in [0.2, 0.25) is 0 Å². The van der Waals surface area contributed by atoms with Gasteiger partial charge in [-0.3, -0.25) is 0 Å². The van der Waals surface area contributed by atoms with E-state index in [-0.39, 0.29) is 12.3 Å². The Morgan fingerprint density at radius 3 is 2.60 bits per heavy atom. The summed E-state index contributed by atoms with van der Waals surface area (Å²) < 4.78 is 40.4. The predicted octanol–water partition coefficient (Wildman–Crippen LogP) is 2.48. The highest BCUT2D eigenvalue weighted by atomic mass is 19.4. The molecule has 20 heavy (non-hydrogen) atoms. The van der Waals surface area contributed by atoms with E-state index in [4.69, 9.17) is 5.11 Å². The molecule has 0 saturated heterocycles. The van der Waals surface area contributed by atoms with E-state index < -0.39 is 24.2 Å². The summed E-state index contributed by atoms with van der Waals surface area (Å²) in [5.41, 5.74) is -0.116. The molecule has 0 aliphatic rings. The maximum atomic E-state index is 12.2. The fourth-order valence-corrected chi connectivity index (χ4v) is 1.40. The normalized spacial score (nSPS) is 12.7. The van der Waals surface area contributed by atoms with Crippen molar-refractivity contribution < 1.29 is 27.8 Å². The molecular weight excluding hydrogens is 277 g/mol. The summed E-state index contributed by atoms with van der Waals surface area (Å²) in [5.74, 6) is -0.507. The summed E-state index contributed by atoms with van der Waals surface area (Å²) in [6.45, 7) is 1.49. The van der Waals surface area contributed by atoms with E-state index in [2.05, 4.69) is 15.4 Å². The van der Waals surface area contributed by atoms with Crippen LogP contribution in [0, 0.1) is 0 Å². The zero-order valence-corrected chi connectivity index (χ0v) is 10.7. The van der Waals surface area contributed by atoms with Crippen LogP contribution in [-0.4, -0.2) is 30.1 Å². The van der Waals surface area contributed by atoms with Crippen molar-refractivity contribution in [3.63, 3.8) is 0 Å². The highest BCUT2D eigenvalue weighted by molar-refractivity contribution is 5.91. The zero-order chi connectivity index (χ0) is 15.2. The van der Waals surface area contributed by atoms with Gasteiger partial charge in [0, 0.05) is 0 Å². The molecule has 0 aliphatic carbocycles. The molecule has 1 aromatic rings. The maximum Gasteiger partial charge on any atom is 0.573 e. The first-order valence-electron chi connectivity index (χ1n) is 5.89. The van der Waals surface area contributed by atoms with E-state index in [1.165, 1.54) is 18.2 Å². The number of carbonyl (C=O) groups excluding carboxylic acids is 1. The molecule has 0 aromatic heterocycles. The summed E-state index contributed by atoms with van der Waals surface area (Å²) >= 11 is 0. The molecule has 1 aromatic carbocycles. The van der Waals surface area contributed by atoms with Crippen LogP contribution in [0.2, 0.25) is 0 Å². The van der Waals surface area contributed by atoms with Gasteiger partial charge in [0.25, 0.3) is 0 Å². The molecule has 3 N–H and O–H groups in total. The number of halogens is 3. The number of carbonyl (C=O) groups is 1. The molecular formula is C12H15F3N2O3. The lowest BCUT2D eigenvalue weighted by Gasteiger charge is -2.17. The fraction of sp³-hybridized carbons (Fsp3) is 0.417. The Morgan fingerprint density at radius 1 is 1.40 bits per heavy atom. The number of ether oxygens (including phenoxy) is 1. The monoisotopic (exact) mass is 292 g/mol. The third-order valence-electron chi connectivity index (χ3n) is 2.41. The minimum Gasteiger partial charge on any atom is -0.404 e. The van der Waals surface area contributed by atoms with E-state index in [1.807, 2.05) is 0 Å². The number of hydrogen-bond acceptors (Lipinski definition) is 3. The van der Waals surface area contributed by atoms with Crippen molar-refractivity contribution in [3.8, 4) is 5.75 Å². The molecule has 1 unspecified atom stereocenters. The first-order valence-corrected chi connectivity index (χ1v) is 5.89. The lowest BCUT2D eigenvalue weighted by atomic mass is 10.2. The molecule has 8 heteroatoms. The molecule has 1 atom stereocenters. The Morgan fingerprint density at radius 2 is 2.05 bits per heavy atom. The first kappa shape index (κ1) is 16.1. The summed E-state index contributed by atoms with van der Waals surface area (Å²) in [6, 6.07) is 4.00. The van der Waals surface area contributed by atoms with Crippen LogP contribution in [0.3, 0.4) is 0 Å². The minimum absolute atomic E-state index is 0.116. The quantitative estimate of drug-likeness (QED) is 0.781. The fourth-order valence-electron chi connectivity index (χ4n) is 1.40. The van der Waals surface area contributed by atoms with Crippen molar-refractivity contribution in [2.45, 2.75) is 25.7 Å². The van der Waals surface area contributed by atoms with E-state index >= 15 is 0 Å². The van der Waals surface area contributed by atoms with Gasteiger partial charge in [-0.2, -0.15) is 0 Å². The second-order valence-electron chi connectivity index (χ2n) is 3.93. The van der Waals surface area contributed by atoms with Crippen molar-refractivity contribution in [1.29, 1.82) is 0 Å². The molecule has 0 saturated carbocycles. The van der Waals surface area contributed by atoms with Crippen LogP contribution in [0.5, 0.6) is 5.75 Å². The topological polar surface area (TPSA) is 70.6 Å². The standard InChI is InChI=1S/C12H15F3N2O3/c1-2-8(7-18)16-11(19)17-9-5-3-4-6-10(9)20-12(13,14)15/h3-6,8,18H,2,7H2,1H3,(H2,16,17,19). The Kier molecular flexibility index (Phi) is 5.63. The number of rotatable bonds is 5. The van der Waals surface area contributed by atoms with Gasteiger partial charge in [0.1, 0.15) is 0 Å². The summed E-state index contributed by atoms with van der Waals surface area (Å²) in [4.78, 5) is 11.6. The van der Waals surface area contributed by atoms with E-state index in [9.17, 15) is 18.0 Å². The lowest BCUT2D eigenvalue weighted by Crippen LogP contribution is -2.39. The second-order valence-corrected chi connectivity index (χ2v) is 3.93. The summed E-state index contributed by atoms with van der Waals surface area (Å²) in [5, 5.41) is 13.6. The SMILES string of the molecule is CCC(CO)NC(=O)Nc1ccccc1OC(F)(F)F. The molecule has 112 valence electrons. The Hall–Kier alpha value is -1.96. The third-order valence-corrected chi connectivity index (χ3v) is 2.41. The molecule has 0 spiro atoms. The highest BCUT2D eigenvalue weighted by Crippen LogP contribution is 2.29. The number of urea groups is 1. The van der Waals surface area contributed by atoms with Crippen molar-refractivity contribution in [2.24, 2.45) is 0 Å². The lowest BCUT2D eigenvalue weighted by molar-refractivity contribution is -0.274. The van der Waals surface area contributed by atoms with Crippen molar-refractivity contribution in [2.75, 3.05) is 11.9 Å². The summed E-state index contributed by atoms with van der Waals surface area (Å²) in [6.07, 6.45) is -4.35.